The Morgan fingerprint density at radius 3 is 2.78 bits per heavy atom. The van der Waals surface area contributed by atoms with Gasteiger partial charge in [-0.25, -0.2) is 0 Å². The van der Waals surface area contributed by atoms with Gasteiger partial charge in [0.05, 0.1) is 5.75 Å². The van der Waals surface area contributed by atoms with Gasteiger partial charge in [0.25, 0.3) is 0 Å². The zero-order valence-corrected chi connectivity index (χ0v) is 14.2. The third kappa shape index (κ3) is 3.80. The van der Waals surface area contributed by atoms with Gasteiger partial charge < -0.3 is 9.88 Å². The molecule has 0 radical (unpaired) electrons. The van der Waals surface area contributed by atoms with Crippen molar-refractivity contribution < 1.29 is 4.79 Å². The molecule has 3 rings (SSSR count). The summed E-state index contributed by atoms with van der Waals surface area (Å²) in [6.07, 6.45) is 0. The molecule has 0 aliphatic carbocycles. The van der Waals surface area contributed by atoms with Gasteiger partial charge in [-0.1, -0.05) is 30.0 Å². The Balaban J connectivity index is 1.65. The SMILES string of the molecule is CCn1c(SCC(=O)Nc2ccccc2)nnc1-c1ccsc1. The molecule has 0 aliphatic heterocycles. The maximum atomic E-state index is 12.0. The van der Waals surface area contributed by atoms with Gasteiger partial charge in [0, 0.05) is 23.2 Å². The number of nitrogens with zero attached hydrogens (tertiary/aromatic N) is 3. The van der Waals surface area contributed by atoms with Crippen LogP contribution >= 0.6 is 23.1 Å². The van der Waals surface area contributed by atoms with Crippen molar-refractivity contribution in [1.82, 2.24) is 14.8 Å². The van der Waals surface area contributed by atoms with Gasteiger partial charge >= 0.3 is 0 Å². The largest absolute Gasteiger partial charge is 0.325 e. The van der Waals surface area contributed by atoms with Gasteiger partial charge in [-0.2, -0.15) is 11.3 Å². The molecule has 0 spiro atoms. The van der Waals surface area contributed by atoms with Gasteiger partial charge in [-0.15, -0.1) is 10.2 Å². The van der Waals surface area contributed by atoms with Crippen LogP contribution < -0.4 is 5.32 Å². The Kier molecular flexibility index (Phi) is 5.09. The lowest BCUT2D eigenvalue weighted by atomic mass is 10.3. The summed E-state index contributed by atoms with van der Waals surface area (Å²) in [6, 6.07) is 11.5. The average Bonchev–Trinajstić information content (AvgIpc) is 3.22. The molecule has 0 bridgehead atoms. The predicted octanol–water partition coefficient (Wildman–Crippen LogP) is 3.76. The van der Waals surface area contributed by atoms with Crippen molar-refractivity contribution >= 4 is 34.7 Å². The van der Waals surface area contributed by atoms with E-state index < -0.39 is 0 Å². The standard InChI is InChI=1S/C16H16N4OS2/c1-2-20-15(12-8-9-22-10-12)18-19-16(20)23-11-14(21)17-13-6-4-3-5-7-13/h3-10H,2,11H2,1H3,(H,17,21). The van der Waals surface area contributed by atoms with Crippen LogP contribution in [0.5, 0.6) is 0 Å². The highest BCUT2D eigenvalue weighted by Crippen LogP contribution is 2.25. The Labute approximate surface area is 142 Å². The van der Waals surface area contributed by atoms with Crippen molar-refractivity contribution in [2.45, 2.75) is 18.6 Å². The monoisotopic (exact) mass is 344 g/mol. The molecule has 2 heterocycles. The molecule has 0 fully saturated rings. The lowest BCUT2D eigenvalue weighted by Crippen LogP contribution is -2.14. The summed E-state index contributed by atoms with van der Waals surface area (Å²) in [5.74, 6) is 1.10. The molecule has 0 saturated carbocycles. The van der Waals surface area contributed by atoms with Gasteiger partial charge in [0.1, 0.15) is 0 Å². The number of hydrogen-bond donors (Lipinski definition) is 1. The van der Waals surface area contributed by atoms with Crippen LogP contribution in [-0.2, 0) is 11.3 Å². The molecule has 23 heavy (non-hydrogen) atoms. The van der Waals surface area contributed by atoms with Crippen molar-refractivity contribution in [2.24, 2.45) is 0 Å². The quantitative estimate of drug-likeness (QED) is 0.692. The lowest BCUT2D eigenvalue weighted by Gasteiger charge is -2.07. The molecule has 1 aromatic carbocycles. The lowest BCUT2D eigenvalue weighted by molar-refractivity contribution is -0.113. The highest BCUT2D eigenvalue weighted by molar-refractivity contribution is 7.99. The van der Waals surface area contributed by atoms with Crippen LogP contribution in [0.3, 0.4) is 0 Å². The zero-order chi connectivity index (χ0) is 16.1. The predicted molar refractivity (Wildman–Crippen MR) is 94.8 cm³/mol. The first-order valence-corrected chi connectivity index (χ1v) is 9.14. The van der Waals surface area contributed by atoms with E-state index in [-0.39, 0.29) is 5.91 Å². The molecule has 0 unspecified atom stereocenters. The first-order chi connectivity index (χ1) is 11.3. The topological polar surface area (TPSA) is 59.8 Å². The maximum Gasteiger partial charge on any atom is 0.234 e. The summed E-state index contributed by atoms with van der Waals surface area (Å²) in [7, 11) is 0. The molecule has 2 aromatic heterocycles. The van der Waals surface area contributed by atoms with Crippen LogP contribution in [0.2, 0.25) is 0 Å². The van der Waals surface area contributed by atoms with Crippen molar-refractivity contribution in [1.29, 1.82) is 0 Å². The van der Waals surface area contributed by atoms with Crippen LogP contribution in [-0.4, -0.2) is 26.4 Å². The molecule has 5 nitrogen and oxygen atoms in total. The fraction of sp³-hybridized carbons (Fsp3) is 0.188. The molecule has 0 saturated heterocycles. The first kappa shape index (κ1) is 15.8. The summed E-state index contributed by atoms with van der Waals surface area (Å²) >= 11 is 3.03. The van der Waals surface area contributed by atoms with E-state index in [4.69, 9.17) is 0 Å². The third-order valence-electron chi connectivity index (χ3n) is 3.20. The molecular formula is C16H16N4OS2. The zero-order valence-electron chi connectivity index (χ0n) is 12.6. The molecule has 118 valence electrons. The molecule has 1 amide bonds. The van der Waals surface area contributed by atoms with E-state index in [1.54, 1.807) is 11.3 Å². The number of carbonyl (C=O) groups is 1. The van der Waals surface area contributed by atoms with Gasteiger partial charge in [-0.05, 0) is 30.5 Å². The fourth-order valence-electron chi connectivity index (χ4n) is 2.13. The average molecular weight is 344 g/mol. The van der Waals surface area contributed by atoms with Crippen LogP contribution in [0.1, 0.15) is 6.92 Å². The fourth-order valence-corrected chi connectivity index (χ4v) is 3.57. The van der Waals surface area contributed by atoms with Crippen LogP contribution in [0.4, 0.5) is 5.69 Å². The summed E-state index contributed by atoms with van der Waals surface area (Å²) in [5.41, 5.74) is 1.86. The first-order valence-electron chi connectivity index (χ1n) is 7.21. The number of benzene rings is 1. The number of thioether (sulfide) groups is 1. The second-order valence-corrected chi connectivity index (χ2v) is 6.49. The summed E-state index contributed by atoms with van der Waals surface area (Å²) < 4.78 is 2.03. The van der Waals surface area contributed by atoms with Crippen molar-refractivity contribution in [2.75, 3.05) is 11.1 Å². The summed E-state index contributed by atoms with van der Waals surface area (Å²) in [6.45, 7) is 2.81. The van der Waals surface area contributed by atoms with Crippen molar-refractivity contribution in [3.05, 3.63) is 47.2 Å². The normalized spacial score (nSPS) is 10.7. The van der Waals surface area contributed by atoms with Crippen molar-refractivity contribution in [3.63, 3.8) is 0 Å². The Morgan fingerprint density at radius 2 is 2.09 bits per heavy atom. The number of anilines is 1. The molecule has 3 aromatic rings. The van der Waals surface area contributed by atoms with Crippen LogP contribution in [0.25, 0.3) is 11.4 Å². The van der Waals surface area contributed by atoms with E-state index in [9.17, 15) is 4.79 Å². The van der Waals surface area contributed by atoms with E-state index in [0.29, 0.717) is 5.75 Å². The number of para-hydroxylation sites is 1. The highest BCUT2D eigenvalue weighted by Gasteiger charge is 2.14. The number of aromatic nitrogens is 3. The molecule has 7 heteroatoms. The molecule has 0 aliphatic rings. The maximum absolute atomic E-state index is 12.0. The number of rotatable bonds is 6. The second kappa shape index (κ2) is 7.43. The van der Waals surface area contributed by atoms with E-state index in [2.05, 4.69) is 15.5 Å². The summed E-state index contributed by atoms with van der Waals surface area (Å²) in [4.78, 5) is 12.0. The molecule has 0 atom stereocenters. The number of hydrogen-bond acceptors (Lipinski definition) is 5. The van der Waals surface area contributed by atoms with E-state index >= 15 is 0 Å². The molecular weight excluding hydrogens is 328 g/mol. The number of thiophene rings is 1. The van der Waals surface area contributed by atoms with E-state index in [1.807, 2.05) is 58.6 Å². The Hall–Kier alpha value is -2.12. The number of amides is 1. The Morgan fingerprint density at radius 1 is 1.26 bits per heavy atom. The van der Waals surface area contributed by atoms with Crippen molar-refractivity contribution in [3.8, 4) is 11.4 Å². The van der Waals surface area contributed by atoms with E-state index in [0.717, 1.165) is 28.8 Å². The molecule has 1 N–H and O–H groups in total. The minimum atomic E-state index is -0.0519. The van der Waals surface area contributed by atoms with Crippen LogP contribution in [0.15, 0.2) is 52.3 Å². The number of carbonyl (C=O) groups excluding carboxylic acids is 1. The Bertz CT molecular complexity index is 769. The van der Waals surface area contributed by atoms with E-state index in [1.165, 1.54) is 11.8 Å². The number of nitrogens with one attached hydrogen (secondary N) is 1. The third-order valence-corrected chi connectivity index (χ3v) is 4.85. The van der Waals surface area contributed by atoms with Gasteiger partial charge in [0.15, 0.2) is 11.0 Å². The van der Waals surface area contributed by atoms with Gasteiger partial charge in [-0.3, -0.25) is 4.79 Å². The highest BCUT2D eigenvalue weighted by atomic mass is 32.2. The summed E-state index contributed by atoms with van der Waals surface area (Å²) in [5, 5.41) is 16.2. The minimum Gasteiger partial charge on any atom is -0.325 e. The second-order valence-electron chi connectivity index (χ2n) is 4.77. The van der Waals surface area contributed by atoms with Crippen LogP contribution in [0, 0.1) is 0 Å². The smallest absolute Gasteiger partial charge is 0.234 e. The van der Waals surface area contributed by atoms with Gasteiger partial charge in [0.2, 0.25) is 5.91 Å². The minimum absolute atomic E-state index is 0.0519.